The van der Waals surface area contributed by atoms with Crippen molar-refractivity contribution in [3.8, 4) is 11.5 Å². The van der Waals surface area contributed by atoms with E-state index in [-0.39, 0.29) is 12.5 Å². The van der Waals surface area contributed by atoms with Crippen molar-refractivity contribution in [2.75, 3.05) is 24.4 Å². The molecule has 2 amide bonds. The molecule has 0 saturated heterocycles. The molecule has 0 heterocycles. The zero-order valence-corrected chi connectivity index (χ0v) is 16.4. The largest absolute Gasteiger partial charge is 0.495 e. The van der Waals surface area contributed by atoms with Crippen LogP contribution in [0.15, 0.2) is 72.8 Å². The second-order valence-corrected chi connectivity index (χ2v) is 6.43. The standard InChI is InChI=1S/C22H19ClN2O4/c1-28-20-12-11-15(23)13-18(20)25-21(26)14-29-19-10-6-5-9-17(19)22(27)24-16-7-3-2-4-8-16/h2-13H,14H2,1H3,(H,24,27)(H,25,26). The third-order valence-corrected chi connectivity index (χ3v) is 4.19. The summed E-state index contributed by atoms with van der Waals surface area (Å²) in [6, 6.07) is 20.7. The van der Waals surface area contributed by atoms with Crippen LogP contribution in [0.4, 0.5) is 11.4 Å². The molecule has 0 bridgehead atoms. The van der Waals surface area contributed by atoms with Crippen molar-refractivity contribution in [1.82, 2.24) is 0 Å². The maximum absolute atomic E-state index is 12.6. The van der Waals surface area contributed by atoms with E-state index in [2.05, 4.69) is 10.6 Å². The summed E-state index contributed by atoms with van der Waals surface area (Å²) in [5.41, 5.74) is 1.42. The summed E-state index contributed by atoms with van der Waals surface area (Å²) in [4.78, 5) is 24.9. The van der Waals surface area contributed by atoms with Gasteiger partial charge in [-0.2, -0.15) is 0 Å². The number of ether oxygens (including phenoxy) is 2. The molecular formula is C22H19ClN2O4. The molecule has 0 radical (unpaired) electrons. The molecule has 6 nitrogen and oxygen atoms in total. The van der Waals surface area contributed by atoms with Crippen LogP contribution in [0.25, 0.3) is 0 Å². The van der Waals surface area contributed by atoms with E-state index in [0.29, 0.717) is 33.5 Å². The van der Waals surface area contributed by atoms with E-state index in [1.807, 2.05) is 18.2 Å². The lowest BCUT2D eigenvalue weighted by Gasteiger charge is -2.13. The van der Waals surface area contributed by atoms with Gasteiger partial charge in [-0.1, -0.05) is 41.9 Å². The average molecular weight is 411 g/mol. The third-order valence-electron chi connectivity index (χ3n) is 3.96. The van der Waals surface area contributed by atoms with Gasteiger partial charge >= 0.3 is 0 Å². The number of para-hydroxylation sites is 2. The lowest BCUT2D eigenvalue weighted by atomic mass is 10.2. The first-order chi connectivity index (χ1) is 14.1. The molecule has 29 heavy (non-hydrogen) atoms. The van der Waals surface area contributed by atoms with Gasteiger partial charge in [-0.3, -0.25) is 9.59 Å². The summed E-state index contributed by atoms with van der Waals surface area (Å²) in [7, 11) is 1.50. The summed E-state index contributed by atoms with van der Waals surface area (Å²) in [6.07, 6.45) is 0. The van der Waals surface area contributed by atoms with E-state index >= 15 is 0 Å². The monoisotopic (exact) mass is 410 g/mol. The Hall–Kier alpha value is -3.51. The molecule has 0 aliphatic rings. The van der Waals surface area contributed by atoms with Gasteiger partial charge in [-0.25, -0.2) is 0 Å². The molecule has 3 aromatic rings. The number of nitrogens with one attached hydrogen (secondary N) is 2. The minimum absolute atomic E-state index is 0.286. The number of anilines is 2. The summed E-state index contributed by atoms with van der Waals surface area (Å²) in [5, 5.41) is 5.95. The zero-order chi connectivity index (χ0) is 20.6. The molecule has 3 rings (SSSR count). The minimum atomic E-state index is -0.413. The summed E-state index contributed by atoms with van der Waals surface area (Å²) >= 11 is 5.97. The van der Waals surface area contributed by atoms with E-state index in [1.54, 1.807) is 54.6 Å². The quantitative estimate of drug-likeness (QED) is 0.596. The first-order valence-electron chi connectivity index (χ1n) is 8.78. The number of carbonyl (C=O) groups excluding carboxylic acids is 2. The summed E-state index contributed by atoms with van der Waals surface area (Å²) in [5.74, 6) is 0.0343. The van der Waals surface area contributed by atoms with Crippen molar-refractivity contribution < 1.29 is 19.1 Å². The van der Waals surface area contributed by atoms with E-state index in [0.717, 1.165) is 0 Å². The zero-order valence-electron chi connectivity index (χ0n) is 15.6. The van der Waals surface area contributed by atoms with Crippen molar-refractivity contribution in [2.45, 2.75) is 0 Å². The van der Waals surface area contributed by atoms with Crippen LogP contribution in [0.3, 0.4) is 0 Å². The van der Waals surface area contributed by atoms with E-state index < -0.39 is 5.91 Å². The number of rotatable bonds is 7. The Morgan fingerprint density at radius 2 is 1.62 bits per heavy atom. The fourth-order valence-corrected chi connectivity index (χ4v) is 2.78. The van der Waals surface area contributed by atoms with Gasteiger partial charge in [0, 0.05) is 10.7 Å². The maximum atomic E-state index is 12.6. The van der Waals surface area contributed by atoms with Gasteiger partial charge in [-0.15, -0.1) is 0 Å². The third kappa shape index (κ3) is 5.49. The van der Waals surface area contributed by atoms with E-state index in [9.17, 15) is 9.59 Å². The highest BCUT2D eigenvalue weighted by atomic mass is 35.5. The van der Waals surface area contributed by atoms with Crippen molar-refractivity contribution in [1.29, 1.82) is 0 Å². The number of hydrogen-bond acceptors (Lipinski definition) is 4. The van der Waals surface area contributed by atoms with Crippen LogP contribution in [0.5, 0.6) is 11.5 Å². The van der Waals surface area contributed by atoms with Crippen LogP contribution >= 0.6 is 11.6 Å². The molecule has 0 saturated carbocycles. The molecule has 148 valence electrons. The molecule has 7 heteroatoms. The lowest BCUT2D eigenvalue weighted by Crippen LogP contribution is -2.22. The molecule has 0 aliphatic heterocycles. The molecule has 3 aromatic carbocycles. The summed E-state index contributed by atoms with van der Waals surface area (Å²) in [6.45, 7) is -0.286. The SMILES string of the molecule is COc1ccc(Cl)cc1NC(=O)COc1ccccc1C(=O)Nc1ccccc1. The first-order valence-corrected chi connectivity index (χ1v) is 9.16. The summed E-state index contributed by atoms with van der Waals surface area (Å²) < 4.78 is 10.8. The molecule has 0 unspecified atom stereocenters. The van der Waals surface area contributed by atoms with Gasteiger partial charge in [0.15, 0.2) is 6.61 Å². The Morgan fingerprint density at radius 1 is 0.897 bits per heavy atom. The fraction of sp³-hybridized carbons (Fsp3) is 0.0909. The van der Waals surface area contributed by atoms with E-state index in [1.165, 1.54) is 7.11 Å². The molecule has 0 aromatic heterocycles. The smallest absolute Gasteiger partial charge is 0.262 e. The molecule has 0 spiro atoms. The molecular weight excluding hydrogens is 392 g/mol. The number of benzene rings is 3. The number of carbonyl (C=O) groups is 2. The second-order valence-electron chi connectivity index (χ2n) is 6.00. The number of hydrogen-bond donors (Lipinski definition) is 2. The minimum Gasteiger partial charge on any atom is -0.495 e. The van der Waals surface area contributed by atoms with Crippen molar-refractivity contribution >= 4 is 34.8 Å². The molecule has 0 atom stereocenters. The Kier molecular flexibility index (Phi) is 6.71. The highest BCUT2D eigenvalue weighted by molar-refractivity contribution is 6.31. The number of halogens is 1. The highest BCUT2D eigenvalue weighted by Gasteiger charge is 2.14. The van der Waals surface area contributed by atoms with Crippen molar-refractivity contribution in [3.63, 3.8) is 0 Å². The van der Waals surface area contributed by atoms with Crippen LogP contribution in [-0.2, 0) is 4.79 Å². The Labute approximate surface area is 173 Å². The van der Waals surface area contributed by atoms with Gasteiger partial charge in [0.2, 0.25) is 0 Å². The highest BCUT2D eigenvalue weighted by Crippen LogP contribution is 2.27. The second kappa shape index (κ2) is 9.61. The topological polar surface area (TPSA) is 76.7 Å². The number of methoxy groups -OCH3 is 1. The van der Waals surface area contributed by atoms with Gasteiger partial charge in [0.05, 0.1) is 18.4 Å². The van der Waals surface area contributed by atoms with Gasteiger partial charge in [0.25, 0.3) is 11.8 Å². The predicted molar refractivity (Wildman–Crippen MR) is 113 cm³/mol. The van der Waals surface area contributed by atoms with Crippen LogP contribution in [0.2, 0.25) is 5.02 Å². The van der Waals surface area contributed by atoms with Crippen molar-refractivity contribution in [3.05, 3.63) is 83.4 Å². The molecule has 0 fully saturated rings. The Bertz CT molecular complexity index is 1010. The maximum Gasteiger partial charge on any atom is 0.262 e. The lowest BCUT2D eigenvalue weighted by molar-refractivity contribution is -0.118. The molecule has 2 N–H and O–H groups in total. The van der Waals surface area contributed by atoms with Gasteiger partial charge < -0.3 is 20.1 Å². The van der Waals surface area contributed by atoms with Crippen LogP contribution in [-0.4, -0.2) is 25.5 Å². The predicted octanol–water partition coefficient (Wildman–Crippen LogP) is 4.62. The first kappa shape index (κ1) is 20.2. The Balaban J connectivity index is 1.66. The fourth-order valence-electron chi connectivity index (χ4n) is 2.61. The van der Waals surface area contributed by atoms with Crippen LogP contribution in [0, 0.1) is 0 Å². The average Bonchev–Trinajstić information content (AvgIpc) is 2.73. The van der Waals surface area contributed by atoms with Crippen molar-refractivity contribution in [2.24, 2.45) is 0 Å². The number of amides is 2. The van der Waals surface area contributed by atoms with Crippen LogP contribution < -0.4 is 20.1 Å². The normalized spacial score (nSPS) is 10.1. The Morgan fingerprint density at radius 3 is 2.38 bits per heavy atom. The van der Waals surface area contributed by atoms with Gasteiger partial charge in [0.1, 0.15) is 11.5 Å². The van der Waals surface area contributed by atoms with E-state index in [4.69, 9.17) is 21.1 Å². The van der Waals surface area contributed by atoms with Crippen LogP contribution in [0.1, 0.15) is 10.4 Å². The molecule has 0 aliphatic carbocycles. The van der Waals surface area contributed by atoms with Gasteiger partial charge in [-0.05, 0) is 42.5 Å².